The van der Waals surface area contributed by atoms with Crippen LogP contribution in [-0.2, 0) is 17.2 Å². The van der Waals surface area contributed by atoms with Crippen LogP contribution in [0, 0.1) is 13.8 Å². The Labute approximate surface area is 302 Å². The van der Waals surface area contributed by atoms with Crippen molar-refractivity contribution in [2.24, 2.45) is 0 Å². The van der Waals surface area contributed by atoms with Crippen molar-refractivity contribution in [2.75, 3.05) is 4.90 Å². The molecule has 0 aliphatic carbocycles. The molecule has 3 aliphatic rings. The number of aryl methyl sites for hydroxylation is 2. The van der Waals surface area contributed by atoms with Crippen molar-refractivity contribution in [3.63, 3.8) is 0 Å². The molecule has 7 aromatic rings. The molecule has 0 bridgehead atoms. The summed E-state index contributed by atoms with van der Waals surface area (Å²) in [7, 11) is 0. The SMILES string of the molecule is Cc1ccc2c(c1)C1(c3ccccc3Oc3ccccc31)c1cc(C)ccc1N2c1ccc2c(c1)Sc1ccccc1P2(=S)c1ccccc1. The molecule has 1 spiro atoms. The Morgan fingerprint density at radius 3 is 1.76 bits per heavy atom. The first kappa shape index (κ1) is 30.0. The van der Waals surface area contributed by atoms with Crippen LogP contribution < -0.4 is 25.6 Å². The van der Waals surface area contributed by atoms with Gasteiger partial charge < -0.3 is 9.64 Å². The Hall–Kier alpha value is -4.86. The molecule has 0 fully saturated rings. The fraction of sp³-hybridized carbons (Fsp3) is 0.0667. The van der Waals surface area contributed by atoms with Crippen LogP contribution in [0.1, 0.15) is 33.4 Å². The van der Waals surface area contributed by atoms with Gasteiger partial charge in [0.25, 0.3) is 0 Å². The summed E-state index contributed by atoms with van der Waals surface area (Å²) in [5.74, 6) is 1.80. The van der Waals surface area contributed by atoms with Crippen LogP contribution in [0.25, 0.3) is 0 Å². The maximum Gasteiger partial charge on any atom is 0.132 e. The van der Waals surface area contributed by atoms with Crippen molar-refractivity contribution >= 4 is 62.6 Å². The van der Waals surface area contributed by atoms with Crippen molar-refractivity contribution in [1.82, 2.24) is 0 Å². The largest absolute Gasteiger partial charge is 0.457 e. The molecule has 0 radical (unpaired) electrons. The topological polar surface area (TPSA) is 12.5 Å². The average Bonchev–Trinajstić information content (AvgIpc) is 3.15. The van der Waals surface area contributed by atoms with E-state index in [2.05, 4.69) is 176 Å². The summed E-state index contributed by atoms with van der Waals surface area (Å²) in [4.78, 5) is 4.96. The Morgan fingerprint density at radius 2 is 1.10 bits per heavy atom. The van der Waals surface area contributed by atoms with Gasteiger partial charge in [-0.2, -0.15) is 0 Å². The summed E-state index contributed by atoms with van der Waals surface area (Å²) >= 11 is 8.66. The van der Waals surface area contributed by atoms with Crippen LogP contribution in [0.4, 0.5) is 17.1 Å². The lowest BCUT2D eigenvalue weighted by Crippen LogP contribution is -2.40. The van der Waals surface area contributed by atoms with Gasteiger partial charge in [0.05, 0.1) is 16.8 Å². The third kappa shape index (κ3) is 4.07. The number of nitrogens with zero attached hydrogens (tertiary/aromatic N) is 1. The van der Waals surface area contributed by atoms with E-state index in [1.54, 1.807) is 0 Å². The second kappa shape index (κ2) is 11.1. The van der Waals surface area contributed by atoms with Crippen LogP contribution >= 0.6 is 17.8 Å². The van der Waals surface area contributed by atoms with E-state index in [-0.39, 0.29) is 0 Å². The summed E-state index contributed by atoms with van der Waals surface area (Å²) < 4.78 is 6.63. The van der Waals surface area contributed by atoms with Gasteiger partial charge in [0.15, 0.2) is 0 Å². The molecule has 5 heteroatoms. The summed E-state index contributed by atoms with van der Waals surface area (Å²) in [6.07, 6.45) is 0. The van der Waals surface area contributed by atoms with Crippen LogP contribution in [-0.4, -0.2) is 0 Å². The number of fused-ring (bicyclic) bond motifs is 10. The molecule has 2 nitrogen and oxygen atoms in total. The van der Waals surface area contributed by atoms with Gasteiger partial charge in [-0.15, -0.1) is 0 Å². The molecule has 0 aromatic heterocycles. The zero-order valence-corrected chi connectivity index (χ0v) is 30.2. The highest BCUT2D eigenvalue weighted by atomic mass is 32.4. The normalized spacial score (nSPS) is 17.4. The lowest BCUT2D eigenvalue weighted by atomic mass is 9.61. The number of para-hydroxylation sites is 2. The van der Waals surface area contributed by atoms with E-state index in [9.17, 15) is 0 Å². The van der Waals surface area contributed by atoms with Crippen molar-refractivity contribution in [2.45, 2.75) is 29.1 Å². The first-order chi connectivity index (χ1) is 24.5. The highest BCUT2D eigenvalue weighted by Crippen LogP contribution is 2.63. The van der Waals surface area contributed by atoms with Crippen molar-refractivity contribution in [3.8, 4) is 11.5 Å². The molecule has 240 valence electrons. The minimum absolute atomic E-state index is 0.568. The number of rotatable bonds is 2. The highest BCUT2D eigenvalue weighted by Gasteiger charge is 2.51. The van der Waals surface area contributed by atoms with Gasteiger partial charge in [-0.05, 0) is 78.8 Å². The molecular weight excluding hydrogens is 666 g/mol. The van der Waals surface area contributed by atoms with E-state index in [0.29, 0.717) is 0 Å². The van der Waals surface area contributed by atoms with Gasteiger partial charge in [-0.3, -0.25) is 0 Å². The molecule has 7 aromatic carbocycles. The van der Waals surface area contributed by atoms with Gasteiger partial charge in [-0.25, -0.2) is 0 Å². The first-order valence-corrected chi connectivity index (χ1v) is 20.6. The number of hydrogen-bond acceptors (Lipinski definition) is 4. The smallest absolute Gasteiger partial charge is 0.132 e. The summed E-state index contributed by atoms with van der Waals surface area (Å²) in [6.45, 7) is 4.40. The van der Waals surface area contributed by atoms with Gasteiger partial charge in [0.2, 0.25) is 0 Å². The van der Waals surface area contributed by atoms with E-state index in [1.165, 1.54) is 70.5 Å². The molecule has 1 atom stereocenters. The van der Waals surface area contributed by atoms with E-state index < -0.39 is 11.5 Å². The summed E-state index contributed by atoms with van der Waals surface area (Å²) in [6, 6.07) is 55.3. The molecule has 10 rings (SSSR count). The first-order valence-electron chi connectivity index (χ1n) is 16.9. The molecule has 0 saturated heterocycles. The predicted octanol–water partition coefficient (Wildman–Crippen LogP) is 10.8. The zero-order valence-electron chi connectivity index (χ0n) is 27.6. The Bertz CT molecular complexity index is 2480. The van der Waals surface area contributed by atoms with Gasteiger partial charge in [0, 0.05) is 43.3 Å². The molecule has 3 heterocycles. The molecular formula is C45H32NOPS2. The minimum Gasteiger partial charge on any atom is -0.457 e. The van der Waals surface area contributed by atoms with Crippen LogP contribution in [0.3, 0.4) is 0 Å². The molecule has 50 heavy (non-hydrogen) atoms. The average molecular weight is 698 g/mol. The van der Waals surface area contributed by atoms with Crippen LogP contribution in [0.15, 0.2) is 168 Å². The van der Waals surface area contributed by atoms with E-state index in [4.69, 9.17) is 16.5 Å². The third-order valence-electron chi connectivity index (χ3n) is 10.5. The van der Waals surface area contributed by atoms with Gasteiger partial charge in [0.1, 0.15) is 11.5 Å². The second-order valence-electron chi connectivity index (χ2n) is 13.4. The number of ether oxygens (including phenoxy) is 1. The monoisotopic (exact) mass is 697 g/mol. The Balaban J connectivity index is 1.26. The maximum absolute atomic E-state index is 6.81. The fourth-order valence-electron chi connectivity index (χ4n) is 8.37. The zero-order chi connectivity index (χ0) is 33.6. The van der Waals surface area contributed by atoms with Crippen LogP contribution in [0.2, 0.25) is 0 Å². The quantitative estimate of drug-likeness (QED) is 0.167. The second-order valence-corrected chi connectivity index (χ2v) is 18.8. The number of hydrogen-bond donors (Lipinski definition) is 0. The Kier molecular flexibility index (Phi) is 6.64. The number of benzene rings is 7. The molecule has 3 aliphatic heterocycles. The van der Waals surface area contributed by atoms with Crippen molar-refractivity contribution < 1.29 is 4.74 Å². The summed E-state index contributed by atoms with van der Waals surface area (Å²) in [5, 5.41) is 3.78. The third-order valence-corrected chi connectivity index (χ3v) is 16.9. The van der Waals surface area contributed by atoms with Crippen molar-refractivity contribution in [3.05, 3.63) is 191 Å². The van der Waals surface area contributed by atoms with E-state index in [1.807, 2.05) is 11.8 Å². The molecule has 1 unspecified atom stereocenters. The standard InChI is InChI=1S/C45H32NOPS2/c1-29-20-23-37-35(26-29)45(33-14-6-8-16-39(33)47-40-17-9-7-15-34(40)45)36-27-30(2)21-24-38(36)46(37)31-22-25-42-44(28-31)50-43-19-11-10-18-41(43)48(42,49)32-12-4-3-5-13-32/h3-28H,1-2H3. The lowest BCUT2D eigenvalue weighted by Gasteiger charge is -2.49. The van der Waals surface area contributed by atoms with E-state index in [0.717, 1.165) is 17.2 Å². The summed E-state index contributed by atoms with van der Waals surface area (Å²) in [5.41, 5.74) is 10.2. The highest BCUT2D eigenvalue weighted by molar-refractivity contribution is 8.26. The molecule has 0 N–H and O–H groups in total. The molecule has 0 saturated carbocycles. The maximum atomic E-state index is 6.81. The van der Waals surface area contributed by atoms with Crippen LogP contribution in [0.5, 0.6) is 11.5 Å². The fourth-order valence-corrected chi connectivity index (χ4v) is 14.8. The van der Waals surface area contributed by atoms with Crippen molar-refractivity contribution in [1.29, 1.82) is 0 Å². The van der Waals surface area contributed by atoms with Gasteiger partial charge in [-0.1, -0.05) is 144 Å². The van der Waals surface area contributed by atoms with Gasteiger partial charge >= 0.3 is 0 Å². The number of anilines is 3. The predicted molar refractivity (Wildman–Crippen MR) is 213 cm³/mol. The lowest BCUT2D eigenvalue weighted by molar-refractivity contribution is 0.434. The molecule has 0 amide bonds. The van der Waals surface area contributed by atoms with E-state index >= 15 is 0 Å². The minimum atomic E-state index is -2.27. The Morgan fingerprint density at radius 1 is 0.540 bits per heavy atom.